The lowest BCUT2D eigenvalue weighted by molar-refractivity contribution is -0.136. The zero-order valence-corrected chi connectivity index (χ0v) is 7.13. The summed E-state index contributed by atoms with van der Waals surface area (Å²) in [5.74, 6) is -0.348. The predicted octanol–water partition coefficient (Wildman–Crippen LogP) is 0.0757. The molecule has 0 saturated carbocycles. The summed E-state index contributed by atoms with van der Waals surface area (Å²) in [5.41, 5.74) is 0. The van der Waals surface area contributed by atoms with Crippen LogP contribution >= 0.6 is 0 Å². The molecule has 1 rings (SSSR count). The molecule has 0 radical (unpaired) electrons. The first kappa shape index (κ1) is 9.19. The zero-order valence-electron chi connectivity index (χ0n) is 7.13. The Kier molecular flexibility index (Phi) is 3.22. The summed E-state index contributed by atoms with van der Waals surface area (Å²) in [6.07, 6.45) is 1.82. The second kappa shape index (κ2) is 4.21. The Bertz CT molecular complexity index is 191. The molecule has 12 heavy (non-hydrogen) atoms. The third kappa shape index (κ3) is 2.30. The Morgan fingerprint density at radius 3 is 2.92 bits per heavy atom. The quantitative estimate of drug-likeness (QED) is 0.611. The second-order valence-electron chi connectivity index (χ2n) is 2.93. The molecule has 1 heterocycles. The predicted molar refractivity (Wildman–Crippen MR) is 42.4 cm³/mol. The third-order valence-corrected chi connectivity index (χ3v) is 2.02. The number of methoxy groups -OCH3 is 1. The van der Waals surface area contributed by atoms with E-state index in [1.54, 1.807) is 7.11 Å². The van der Waals surface area contributed by atoms with Crippen molar-refractivity contribution in [3.05, 3.63) is 0 Å². The molecule has 1 N–H and O–H groups in total. The van der Waals surface area contributed by atoms with Gasteiger partial charge in [-0.1, -0.05) is 0 Å². The zero-order chi connectivity index (χ0) is 8.97. The van der Waals surface area contributed by atoms with Gasteiger partial charge >= 0.3 is 0 Å². The molecule has 4 heteroatoms. The number of hydrogen-bond acceptors (Lipinski definition) is 3. The smallest absolute Gasteiger partial charge is 0.229 e. The highest BCUT2D eigenvalue weighted by molar-refractivity contribution is 5.98. The van der Waals surface area contributed by atoms with Crippen LogP contribution in [0.4, 0.5) is 0 Å². The Morgan fingerprint density at radius 1 is 1.58 bits per heavy atom. The fourth-order valence-corrected chi connectivity index (χ4v) is 1.27. The van der Waals surface area contributed by atoms with Crippen LogP contribution in [0.1, 0.15) is 19.3 Å². The summed E-state index contributed by atoms with van der Waals surface area (Å²) < 4.78 is 4.85. The molecular weight excluding hydrogens is 158 g/mol. The van der Waals surface area contributed by atoms with Gasteiger partial charge in [-0.3, -0.25) is 14.9 Å². The Labute approximate surface area is 71.3 Å². The van der Waals surface area contributed by atoms with Gasteiger partial charge < -0.3 is 4.74 Å². The fourth-order valence-electron chi connectivity index (χ4n) is 1.27. The minimum atomic E-state index is -0.159. The summed E-state index contributed by atoms with van der Waals surface area (Å²) in [5, 5.41) is 2.30. The van der Waals surface area contributed by atoms with Crippen LogP contribution in [0.3, 0.4) is 0 Å². The molecule has 0 aliphatic carbocycles. The summed E-state index contributed by atoms with van der Waals surface area (Å²) in [6.45, 7) is 0.576. The van der Waals surface area contributed by atoms with Gasteiger partial charge in [-0.15, -0.1) is 0 Å². The van der Waals surface area contributed by atoms with Gasteiger partial charge in [0, 0.05) is 26.1 Å². The molecule has 0 aromatic heterocycles. The Morgan fingerprint density at radius 2 is 2.33 bits per heavy atom. The standard InChI is InChI=1S/C8H13NO3/c1-12-5-4-6-2-3-7(10)9-8(6)11/h6H,2-5H2,1H3,(H,9,10,11). The largest absolute Gasteiger partial charge is 0.385 e. The van der Waals surface area contributed by atoms with Crippen molar-refractivity contribution in [1.82, 2.24) is 5.32 Å². The Balaban J connectivity index is 2.35. The van der Waals surface area contributed by atoms with Crippen LogP contribution in [0.5, 0.6) is 0 Å². The number of hydrogen-bond donors (Lipinski definition) is 1. The number of ether oxygens (including phenoxy) is 1. The molecule has 1 aliphatic rings. The lowest BCUT2D eigenvalue weighted by Gasteiger charge is -2.19. The maximum absolute atomic E-state index is 11.1. The molecule has 0 aromatic carbocycles. The summed E-state index contributed by atoms with van der Waals surface area (Å²) >= 11 is 0. The van der Waals surface area contributed by atoms with Crippen molar-refractivity contribution in [3.8, 4) is 0 Å². The Hall–Kier alpha value is -0.900. The lowest BCUT2D eigenvalue weighted by atomic mass is 9.95. The number of carbonyl (C=O) groups excluding carboxylic acids is 2. The highest BCUT2D eigenvalue weighted by Crippen LogP contribution is 2.15. The molecule has 0 bridgehead atoms. The van der Waals surface area contributed by atoms with E-state index in [1.807, 2.05) is 0 Å². The van der Waals surface area contributed by atoms with Gasteiger partial charge in [-0.25, -0.2) is 0 Å². The van der Waals surface area contributed by atoms with Crippen molar-refractivity contribution < 1.29 is 14.3 Å². The molecule has 68 valence electrons. The minimum absolute atomic E-state index is 0.0392. The molecule has 1 atom stereocenters. The summed E-state index contributed by atoms with van der Waals surface area (Å²) in [4.78, 5) is 21.9. The van der Waals surface area contributed by atoms with E-state index in [0.29, 0.717) is 25.9 Å². The first-order valence-corrected chi connectivity index (χ1v) is 4.06. The van der Waals surface area contributed by atoms with E-state index in [0.717, 1.165) is 0 Å². The van der Waals surface area contributed by atoms with Crippen LogP contribution in [0.25, 0.3) is 0 Å². The van der Waals surface area contributed by atoms with Crippen molar-refractivity contribution in [2.75, 3.05) is 13.7 Å². The van der Waals surface area contributed by atoms with E-state index >= 15 is 0 Å². The van der Waals surface area contributed by atoms with Crippen LogP contribution in [0, 0.1) is 5.92 Å². The molecule has 1 saturated heterocycles. The molecule has 2 amide bonds. The maximum Gasteiger partial charge on any atom is 0.229 e. The number of imide groups is 1. The van der Waals surface area contributed by atoms with Crippen molar-refractivity contribution in [2.24, 2.45) is 5.92 Å². The van der Waals surface area contributed by atoms with Gasteiger partial charge in [-0.2, -0.15) is 0 Å². The number of nitrogens with one attached hydrogen (secondary N) is 1. The monoisotopic (exact) mass is 171 g/mol. The van der Waals surface area contributed by atoms with Gasteiger partial charge in [0.25, 0.3) is 0 Å². The molecule has 0 spiro atoms. The third-order valence-electron chi connectivity index (χ3n) is 2.02. The van der Waals surface area contributed by atoms with Crippen molar-refractivity contribution in [2.45, 2.75) is 19.3 Å². The minimum Gasteiger partial charge on any atom is -0.385 e. The number of amides is 2. The normalized spacial score (nSPS) is 23.9. The van der Waals surface area contributed by atoms with Gasteiger partial charge in [0.1, 0.15) is 0 Å². The van der Waals surface area contributed by atoms with E-state index in [-0.39, 0.29) is 17.7 Å². The first-order valence-electron chi connectivity index (χ1n) is 4.06. The molecule has 0 aromatic rings. The van der Waals surface area contributed by atoms with Crippen LogP contribution in [0.2, 0.25) is 0 Å². The van der Waals surface area contributed by atoms with Crippen molar-refractivity contribution in [1.29, 1.82) is 0 Å². The number of rotatable bonds is 3. The number of carbonyl (C=O) groups is 2. The highest BCUT2D eigenvalue weighted by Gasteiger charge is 2.25. The van der Waals surface area contributed by atoms with Gasteiger partial charge in [0.2, 0.25) is 11.8 Å². The summed E-state index contributed by atoms with van der Waals surface area (Å²) in [6, 6.07) is 0. The molecular formula is C8H13NO3. The van der Waals surface area contributed by atoms with Gasteiger partial charge in [0.05, 0.1) is 0 Å². The topological polar surface area (TPSA) is 55.4 Å². The van der Waals surface area contributed by atoms with Crippen molar-refractivity contribution >= 4 is 11.8 Å². The SMILES string of the molecule is COCCC1CCC(=O)NC1=O. The van der Waals surface area contributed by atoms with Gasteiger partial charge in [-0.05, 0) is 12.8 Å². The van der Waals surface area contributed by atoms with E-state index in [4.69, 9.17) is 4.74 Å². The first-order chi connectivity index (χ1) is 5.74. The molecule has 1 fully saturated rings. The van der Waals surface area contributed by atoms with E-state index in [2.05, 4.69) is 5.32 Å². The van der Waals surface area contributed by atoms with E-state index in [9.17, 15) is 9.59 Å². The summed E-state index contributed by atoms with van der Waals surface area (Å²) in [7, 11) is 1.60. The van der Waals surface area contributed by atoms with E-state index < -0.39 is 0 Å². The van der Waals surface area contributed by atoms with E-state index in [1.165, 1.54) is 0 Å². The fraction of sp³-hybridized carbons (Fsp3) is 0.750. The molecule has 1 aliphatic heterocycles. The maximum atomic E-state index is 11.1. The second-order valence-corrected chi connectivity index (χ2v) is 2.93. The van der Waals surface area contributed by atoms with Crippen LogP contribution in [0.15, 0.2) is 0 Å². The van der Waals surface area contributed by atoms with Crippen molar-refractivity contribution in [3.63, 3.8) is 0 Å². The average molecular weight is 171 g/mol. The van der Waals surface area contributed by atoms with Crippen LogP contribution in [-0.2, 0) is 14.3 Å². The lowest BCUT2D eigenvalue weighted by Crippen LogP contribution is -2.41. The number of piperidine rings is 1. The van der Waals surface area contributed by atoms with Gasteiger partial charge in [0.15, 0.2) is 0 Å². The molecule has 4 nitrogen and oxygen atoms in total. The average Bonchev–Trinajstić information content (AvgIpc) is 2.03. The highest BCUT2D eigenvalue weighted by atomic mass is 16.5. The molecule has 1 unspecified atom stereocenters. The van der Waals surface area contributed by atoms with Crippen LogP contribution in [-0.4, -0.2) is 25.5 Å². The van der Waals surface area contributed by atoms with Crippen LogP contribution < -0.4 is 5.32 Å².